The van der Waals surface area contributed by atoms with Gasteiger partial charge in [-0.3, -0.25) is 14.4 Å². The van der Waals surface area contributed by atoms with Gasteiger partial charge in [-0.25, -0.2) is 4.79 Å². The fraction of sp³-hybridized carbons (Fsp3) is 0.655. The van der Waals surface area contributed by atoms with E-state index in [-0.39, 0.29) is 57.4 Å². The van der Waals surface area contributed by atoms with Gasteiger partial charge in [0.25, 0.3) is 11.8 Å². The fourth-order valence-electron chi connectivity index (χ4n) is 9.17. The average Bonchev–Trinajstić information content (AvgIpc) is 3.89. The number of carbonyl (C=O) groups excluding carboxylic acids is 3. The van der Waals surface area contributed by atoms with Crippen LogP contribution in [0.5, 0.6) is 11.5 Å². The van der Waals surface area contributed by atoms with Gasteiger partial charge >= 0.3 is 11.9 Å². The molecule has 0 bridgehead atoms. The molecule has 2 aromatic carbocycles. The summed E-state index contributed by atoms with van der Waals surface area (Å²) in [7, 11) is -3.92. The van der Waals surface area contributed by atoms with E-state index in [0.29, 0.717) is 64.0 Å². The first-order chi connectivity index (χ1) is 33.5. The van der Waals surface area contributed by atoms with Crippen molar-refractivity contribution in [1.82, 2.24) is 5.06 Å². The predicted octanol–water partition coefficient (Wildman–Crippen LogP) is 13.8. The molecule has 0 spiro atoms. The van der Waals surface area contributed by atoms with Crippen molar-refractivity contribution < 1.29 is 56.9 Å². The van der Waals surface area contributed by atoms with E-state index in [1.807, 2.05) is 24.3 Å². The third-order valence-corrected chi connectivity index (χ3v) is 23.6. The summed E-state index contributed by atoms with van der Waals surface area (Å²) in [6.07, 6.45) is 3.08. The Morgan fingerprint density at radius 3 is 1.37 bits per heavy atom. The zero-order chi connectivity index (χ0) is 55.0. The number of amides is 2. The van der Waals surface area contributed by atoms with E-state index in [2.05, 4.69) is 147 Å². The van der Waals surface area contributed by atoms with Gasteiger partial charge in [0.1, 0.15) is 23.0 Å². The molecular formula is C58H91NO12Si2. The molecule has 0 radical (unpaired) electrons. The van der Waals surface area contributed by atoms with Crippen LogP contribution in [0.3, 0.4) is 0 Å². The second-order valence-electron chi connectivity index (χ2n) is 25.8. The maximum absolute atomic E-state index is 12.0. The van der Waals surface area contributed by atoms with Crippen LogP contribution in [0.15, 0.2) is 59.7 Å². The Morgan fingerprint density at radius 2 is 1.00 bits per heavy atom. The number of hydrogen-bond acceptors (Lipinski definition) is 11. The minimum absolute atomic E-state index is 0.0892. The molecule has 5 rings (SSSR count). The van der Waals surface area contributed by atoms with E-state index >= 15 is 0 Å². The highest BCUT2D eigenvalue weighted by Gasteiger charge is 2.46. The number of imide groups is 1. The highest BCUT2D eigenvalue weighted by Crippen LogP contribution is 2.52. The number of nitrogens with zero attached hydrogens (tertiary/aromatic N) is 1. The Morgan fingerprint density at radius 1 is 0.616 bits per heavy atom. The molecule has 1 fully saturated rings. The molecular weight excluding hydrogens is 959 g/mol. The summed E-state index contributed by atoms with van der Waals surface area (Å²) in [5, 5.41) is 9.61. The molecule has 13 nitrogen and oxygen atoms in total. The summed E-state index contributed by atoms with van der Waals surface area (Å²) >= 11 is 0. The smallest absolute Gasteiger partial charge is 0.333 e. The van der Waals surface area contributed by atoms with Crippen LogP contribution in [0, 0.1) is 21.7 Å². The quantitative estimate of drug-likeness (QED) is 0.0639. The Balaban J connectivity index is 0.000000323. The van der Waals surface area contributed by atoms with Gasteiger partial charge in [0.15, 0.2) is 0 Å². The van der Waals surface area contributed by atoms with E-state index in [1.54, 1.807) is 0 Å². The first-order valence-electron chi connectivity index (χ1n) is 26.3. The van der Waals surface area contributed by atoms with Gasteiger partial charge in [-0.2, -0.15) is 0 Å². The Labute approximate surface area is 440 Å². The molecule has 2 aromatic rings. The standard InChI is InChI=1S/C31H47NO7Si.C27H44O5Si/c1-29(2,3)40(8,9)39-23-14-12-13-22(19-23)27-28(31(6,7)21-37-27)30(4,5)20-36-18-11-10-15-26(35)38-32-24(33)16-17-25(32)34;1-25(2,3)33(8,9)32-21-14-12-13-20(17-21)23-24(27(6,7)19-31-23)26(4,5)18-30-16-11-10-15-22(28)29/h12-14,19H,10-11,15-18,20-21H2,1-9H3;12-14,17H,10-11,15-16,18-19H2,1-9H3,(H,28,29). The van der Waals surface area contributed by atoms with Crippen LogP contribution < -0.4 is 8.85 Å². The highest BCUT2D eigenvalue weighted by atomic mass is 28.4. The monoisotopic (exact) mass is 1050 g/mol. The minimum atomic E-state index is -1.98. The summed E-state index contributed by atoms with van der Waals surface area (Å²) in [5.41, 5.74) is 3.74. The molecule has 3 aliphatic heterocycles. The molecule has 15 heteroatoms. The molecule has 0 saturated carbocycles. The number of carboxylic acids is 1. The van der Waals surface area contributed by atoms with Crippen molar-refractivity contribution in [2.24, 2.45) is 21.7 Å². The van der Waals surface area contributed by atoms with Crippen LogP contribution in [0.4, 0.5) is 0 Å². The summed E-state index contributed by atoms with van der Waals surface area (Å²) < 4.78 is 37.8. The normalized spacial score (nSPS) is 17.3. The third-order valence-electron chi connectivity index (χ3n) is 14.8. The Bertz CT molecular complexity index is 2310. The second-order valence-corrected chi connectivity index (χ2v) is 35.2. The van der Waals surface area contributed by atoms with E-state index in [1.165, 1.54) is 11.1 Å². The molecule has 73 heavy (non-hydrogen) atoms. The summed E-state index contributed by atoms with van der Waals surface area (Å²) in [6, 6.07) is 16.5. The largest absolute Gasteiger partial charge is 0.543 e. The van der Waals surface area contributed by atoms with Crippen LogP contribution in [0.2, 0.25) is 36.3 Å². The molecule has 1 saturated heterocycles. The van der Waals surface area contributed by atoms with Gasteiger partial charge in [0, 0.05) is 71.7 Å². The van der Waals surface area contributed by atoms with Crippen LogP contribution in [-0.4, -0.2) is 90.2 Å². The second kappa shape index (κ2) is 24.0. The van der Waals surface area contributed by atoms with Crippen molar-refractivity contribution in [1.29, 1.82) is 0 Å². The van der Waals surface area contributed by atoms with Crippen molar-refractivity contribution in [3.63, 3.8) is 0 Å². The van der Waals surface area contributed by atoms with E-state index < -0.39 is 40.4 Å². The first-order valence-corrected chi connectivity index (χ1v) is 32.1. The SMILES string of the molecule is CC(C)(COCCCCC(=O)O)C1=C(c2cccc(O[Si](C)(C)C(C)(C)C)c2)OCC1(C)C.CC(C)(COCCCCC(=O)ON1C(=O)CCC1=O)C1=C(c2cccc(O[Si](C)(C)C(C)(C)C)c2)OCC1(C)C. The molecule has 1 N–H and O–H groups in total. The third kappa shape index (κ3) is 16.5. The van der Waals surface area contributed by atoms with Gasteiger partial charge in [-0.15, -0.1) is 5.06 Å². The number of hydrogen-bond donors (Lipinski definition) is 1. The van der Waals surface area contributed by atoms with Gasteiger partial charge in [0.2, 0.25) is 16.6 Å². The fourth-order valence-corrected chi connectivity index (χ4v) is 11.2. The van der Waals surface area contributed by atoms with Crippen LogP contribution in [0.25, 0.3) is 11.5 Å². The lowest BCUT2D eigenvalue weighted by Gasteiger charge is -2.36. The van der Waals surface area contributed by atoms with Crippen molar-refractivity contribution in [3.8, 4) is 11.5 Å². The molecule has 0 aliphatic carbocycles. The number of rotatable bonds is 23. The van der Waals surface area contributed by atoms with Gasteiger partial charge in [0.05, 0.1) is 26.4 Å². The highest BCUT2D eigenvalue weighted by molar-refractivity contribution is 6.75. The van der Waals surface area contributed by atoms with E-state index in [9.17, 15) is 19.2 Å². The number of carbonyl (C=O) groups is 4. The van der Waals surface area contributed by atoms with Crippen molar-refractivity contribution >= 4 is 51.9 Å². The molecule has 0 atom stereocenters. The topological polar surface area (TPSA) is 156 Å². The van der Waals surface area contributed by atoms with Crippen LogP contribution >= 0.6 is 0 Å². The molecule has 0 unspecified atom stereocenters. The van der Waals surface area contributed by atoms with Crippen molar-refractivity contribution in [2.75, 3.05) is 39.6 Å². The zero-order valence-electron chi connectivity index (χ0n) is 47.9. The number of benzene rings is 2. The first kappa shape index (κ1) is 61.1. The van der Waals surface area contributed by atoms with E-state index in [4.69, 9.17) is 37.7 Å². The lowest BCUT2D eigenvalue weighted by Crippen LogP contribution is -2.43. The van der Waals surface area contributed by atoms with Crippen molar-refractivity contribution in [2.45, 2.75) is 185 Å². The predicted molar refractivity (Wildman–Crippen MR) is 294 cm³/mol. The average molecular weight is 1050 g/mol. The number of hydroxylamine groups is 2. The maximum atomic E-state index is 12.0. The van der Waals surface area contributed by atoms with Crippen LogP contribution in [0.1, 0.15) is 159 Å². The molecule has 3 aliphatic rings. The summed E-state index contributed by atoms with van der Waals surface area (Å²) in [6.45, 7) is 43.4. The lowest BCUT2D eigenvalue weighted by molar-refractivity contribution is -0.197. The zero-order valence-corrected chi connectivity index (χ0v) is 49.9. The number of ether oxygens (including phenoxy) is 4. The van der Waals surface area contributed by atoms with Crippen LogP contribution in [-0.2, 0) is 43.0 Å². The minimum Gasteiger partial charge on any atom is -0.543 e. The molecule has 0 aromatic heterocycles. The summed E-state index contributed by atoms with van der Waals surface area (Å²) in [4.78, 5) is 50.8. The van der Waals surface area contributed by atoms with Crippen molar-refractivity contribution in [3.05, 3.63) is 70.8 Å². The number of aliphatic carboxylic acids is 1. The molecule has 2 amide bonds. The Kier molecular flexibility index (Phi) is 20.1. The molecule has 3 heterocycles. The van der Waals surface area contributed by atoms with E-state index in [0.717, 1.165) is 40.6 Å². The van der Waals surface area contributed by atoms with Gasteiger partial charge in [-0.05, 0) is 97.4 Å². The lowest BCUT2D eigenvalue weighted by atomic mass is 9.70. The number of carboxylic acid groups (broad SMARTS) is 1. The number of unbranched alkanes of at least 4 members (excludes halogenated alkanes) is 2. The maximum Gasteiger partial charge on any atom is 0.333 e. The van der Waals surface area contributed by atoms with Gasteiger partial charge in [-0.1, -0.05) is 121 Å². The molecule has 408 valence electrons. The summed E-state index contributed by atoms with van der Waals surface area (Å²) in [5.74, 6) is 1.32. The Hall–Kier alpha value is -4.45. The van der Waals surface area contributed by atoms with Gasteiger partial charge < -0.3 is 37.7 Å².